The minimum atomic E-state index is -0.826. The zero-order valence-corrected chi connectivity index (χ0v) is 10.6. The Morgan fingerprint density at radius 3 is 2.82 bits per heavy atom. The van der Waals surface area contributed by atoms with Crippen molar-refractivity contribution in [3.63, 3.8) is 0 Å². The van der Waals surface area contributed by atoms with E-state index in [-0.39, 0.29) is 6.61 Å². The van der Waals surface area contributed by atoms with E-state index in [2.05, 4.69) is 4.74 Å². The van der Waals surface area contributed by atoms with Crippen molar-refractivity contribution in [1.82, 2.24) is 0 Å². The van der Waals surface area contributed by atoms with Gasteiger partial charge in [-0.3, -0.25) is 4.79 Å². The van der Waals surface area contributed by atoms with Crippen molar-refractivity contribution in [2.45, 2.75) is 6.92 Å². The van der Waals surface area contributed by atoms with Crippen molar-refractivity contribution >= 4 is 44.8 Å². The summed E-state index contributed by atoms with van der Waals surface area (Å²) < 4.78 is 6.30. The summed E-state index contributed by atoms with van der Waals surface area (Å²) in [6.45, 7) is 1.85. The quantitative estimate of drug-likeness (QED) is 0.487. The van der Waals surface area contributed by atoms with Gasteiger partial charge >= 0.3 is 5.97 Å². The van der Waals surface area contributed by atoms with Crippen LogP contribution in [0, 0.1) is 0 Å². The lowest BCUT2D eigenvalue weighted by atomic mass is 10.1. The highest BCUT2D eigenvalue weighted by molar-refractivity contribution is 7.22. The lowest BCUT2D eigenvalue weighted by molar-refractivity contribution is -0.137. The van der Waals surface area contributed by atoms with E-state index in [1.54, 1.807) is 31.2 Å². The molecule has 0 spiro atoms. The smallest absolute Gasteiger partial charge is 0.379 e. The maximum Gasteiger partial charge on any atom is 0.379 e. The first-order valence-corrected chi connectivity index (χ1v) is 6.22. The molecule has 2 rings (SSSR count). The van der Waals surface area contributed by atoms with E-state index in [4.69, 9.17) is 11.6 Å². The van der Waals surface area contributed by atoms with Crippen LogP contribution in [0.5, 0.6) is 0 Å². The number of Topliss-reactive ketones (excluding diaryl/α,β-unsaturated/α-hetero) is 1. The summed E-state index contributed by atoms with van der Waals surface area (Å²) >= 11 is 7.30. The van der Waals surface area contributed by atoms with Gasteiger partial charge in [-0.25, -0.2) is 4.79 Å². The molecule has 0 aliphatic heterocycles. The average Bonchev–Trinajstić information content (AvgIpc) is 2.67. The Hall–Kier alpha value is -1.39. The van der Waals surface area contributed by atoms with Gasteiger partial charge in [-0.2, -0.15) is 0 Å². The summed E-state index contributed by atoms with van der Waals surface area (Å²) in [5.41, 5.74) is 0.324. The summed E-state index contributed by atoms with van der Waals surface area (Å²) in [6, 6.07) is 6.80. The van der Waals surface area contributed by atoms with Gasteiger partial charge in [0, 0.05) is 10.3 Å². The molecule has 17 heavy (non-hydrogen) atoms. The number of esters is 1. The fraction of sp³-hybridized carbons (Fsp3) is 0.167. The molecule has 0 bridgehead atoms. The third-order valence-electron chi connectivity index (χ3n) is 2.21. The van der Waals surface area contributed by atoms with Gasteiger partial charge < -0.3 is 4.74 Å². The molecule has 0 saturated heterocycles. The number of hydrogen-bond donors (Lipinski definition) is 0. The van der Waals surface area contributed by atoms with Crippen LogP contribution >= 0.6 is 22.9 Å². The molecule has 0 aliphatic rings. The first-order chi connectivity index (χ1) is 8.11. The number of carbonyl (C=O) groups is 2. The number of halogens is 1. The summed E-state index contributed by atoms with van der Waals surface area (Å²) in [7, 11) is 0. The third kappa shape index (κ3) is 2.48. The SMILES string of the molecule is CCOC(=O)C(=O)c1ccc2sc(Cl)cc2c1. The molecule has 0 radical (unpaired) electrons. The standard InChI is InChI=1S/C12H9ClO3S/c1-2-16-12(15)11(14)7-3-4-9-8(5-7)6-10(13)17-9/h3-6H,2H2,1H3. The number of hydrogen-bond acceptors (Lipinski definition) is 4. The first kappa shape index (κ1) is 12.1. The van der Waals surface area contributed by atoms with Crippen molar-refractivity contribution in [3.05, 3.63) is 34.2 Å². The first-order valence-electron chi connectivity index (χ1n) is 5.02. The van der Waals surface area contributed by atoms with Gasteiger partial charge in [0.15, 0.2) is 0 Å². The number of fused-ring (bicyclic) bond motifs is 1. The lowest BCUT2D eigenvalue weighted by Gasteiger charge is -2.00. The second-order valence-electron chi connectivity index (χ2n) is 3.35. The Morgan fingerprint density at radius 2 is 2.12 bits per heavy atom. The van der Waals surface area contributed by atoms with Gasteiger partial charge in [-0.1, -0.05) is 11.6 Å². The Kier molecular flexibility index (Phi) is 3.45. The van der Waals surface area contributed by atoms with E-state index in [0.29, 0.717) is 9.90 Å². The molecular weight excluding hydrogens is 260 g/mol. The summed E-state index contributed by atoms with van der Waals surface area (Å²) in [5.74, 6) is -1.45. The van der Waals surface area contributed by atoms with E-state index in [1.807, 2.05) is 0 Å². The van der Waals surface area contributed by atoms with Crippen molar-refractivity contribution in [2.75, 3.05) is 6.61 Å². The van der Waals surface area contributed by atoms with Crippen molar-refractivity contribution in [3.8, 4) is 0 Å². The van der Waals surface area contributed by atoms with Gasteiger partial charge in [-0.05, 0) is 36.6 Å². The average molecular weight is 269 g/mol. The maximum atomic E-state index is 11.7. The monoisotopic (exact) mass is 268 g/mol. The molecule has 0 fully saturated rings. The Morgan fingerprint density at radius 1 is 1.35 bits per heavy atom. The van der Waals surface area contributed by atoms with Gasteiger partial charge in [0.1, 0.15) is 0 Å². The number of ketones is 1. The third-order valence-corrected chi connectivity index (χ3v) is 3.45. The Balaban J connectivity index is 2.35. The highest BCUT2D eigenvalue weighted by atomic mass is 35.5. The maximum absolute atomic E-state index is 11.7. The largest absolute Gasteiger partial charge is 0.460 e. The second kappa shape index (κ2) is 4.85. The molecule has 0 N–H and O–H groups in total. The number of benzene rings is 1. The fourth-order valence-electron chi connectivity index (χ4n) is 1.47. The van der Waals surface area contributed by atoms with Gasteiger partial charge in [0.25, 0.3) is 5.78 Å². The summed E-state index contributed by atoms with van der Waals surface area (Å²) in [5, 5.41) is 0.857. The molecule has 3 nitrogen and oxygen atoms in total. The highest BCUT2D eigenvalue weighted by Gasteiger charge is 2.17. The topological polar surface area (TPSA) is 43.4 Å². The number of rotatable bonds is 3. The molecule has 1 aromatic heterocycles. The van der Waals surface area contributed by atoms with Crippen molar-refractivity contribution in [2.24, 2.45) is 0 Å². The zero-order chi connectivity index (χ0) is 12.4. The molecule has 2 aromatic rings. The van der Waals surface area contributed by atoms with Crippen molar-refractivity contribution in [1.29, 1.82) is 0 Å². The number of thiophene rings is 1. The van der Waals surface area contributed by atoms with E-state index in [1.165, 1.54) is 11.3 Å². The van der Waals surface area contributed by atoms with E-state index < -0.39 is 11.8 Å². The summed E-state index contributed by atoms with van der Waals surface area (Å²) in [4.78, 5) is 23.0. The van der Waals surface area contributed by atoms with Crippen LogP contribution in [0.4, 0.5) is 0 Å². The van der Waals surface area contributed by atoms with Gasteiger partial charge in [0.2, 0.25) is 0 Å². The molecular formula is C12H9ClO3S. The Bertz CT molecular complexity index is 588. The minimum Gasteiger partial charge on any atom is -0.460 e. The second-order valence-corrected chi connectivity index (χ2v) is 5.07. The lowest BCUT2D eigenvalue weighted by Crippen LogP contribution is -2.17. The number of ether oxygens (including phenoxy) is 1. The molecule has 0 unspecified atom stereocenters. The van der Waals surface area contributed by atoms with E-state index in [0.717, 1.165) is 10.1 Å². The molecule has 88 valence electrons. The van der Waals surface area contributed by atoms with Crippen LogP contribution in [0.2, 0.25) is 4.34 Å². The zero-order valence-electron chi connectivity index (χ0n) is 9.03. The van der Waals surface area contributed by atoms with Crippen LogP contribution in [0.1, 0.15) is 17.3 Å². The van der Waals surface area contributed by atoms with E-state index in [9.17, 15) is 9.59 Å². The molecule has 5 heteroatoms. The predicted octanol–water partition coefficient (Wildman–Crippen LogP) is 3.30. The summed E-state index contributed by atoms with van der Waals surface area (Å²) in [6.07, 6.45) is 0. The molecule has 0 amide bonds. The van der Waals surface area contributed by atoms with Crippen LogP contribution in [-0.2, 0) is 9.53 Å². The minimum absolute atomic E-state index is 0.192. The molecule has 1 heterocycles. The normalized spacial score (nSPS) is 10.5. The fourth-order valence-corrected chi connectivity index (χ4v) is 2.60. The van der Waals surface area contributed by atoms with Crippen LogP contribution in [-0.4, -0.2) is 18.4 Å². The van der Waals surface area contributed by atoms with Crippen LogP contribution < -0.4 is 0 Å². The van der Waals surface area contributed by atoms with Crippen LogP contribution in [0.3, 0.4) is 0 Å². The van der Waals surface area contributed by atoms with Gasteiger partial charge in [-0.15, -0.1) is 11.3 Å². The number of carbonyl (C=O) groups excluding carboxylic acids is 2. The van der Waals surface area contributed by atoms with Crippen LogP contribution in [0.15, 0.2) is 24.3 Å². The predicted molar refractivity (Wildman–Crippen MR) is 67.8 cm³/mol. The van der Waals surface area contributed by atoms with Crippen molar-refractivity contribution < 1.29 is 14.3 Å². The van der Waals surface area contributed by atoms with Gasteiger partial charge in [0.05, 0.1) is 10.9 Å². The molecule has 0 aliphatic carbocycles. The molecule has 0 atom stereocenters. The Labute approximate surface area is 107 Å². The van der Waals surface area contributed by atoms with E-state index >= 15 is 0 Å². The highest BCUT2D eigenvalue weighted by Crippen LogP contribution is 2.29. The van der Waals surface area contributed by atoms with Crippen LogP contribution in [0.25, 0.3) is 10.1 Å². The molecule has 0 saturated carbocycles. The molecule has 1 aromatic carbocycles.